The van der Waals surface area contributed by atoms with Crippen LogP contribution in [-0.4, -0.2) is 23.6 Å². The van der Waals surface area contributed by atoms with Crippen molar-refractivity contribution in [1.82, 2.24) is 0 Å². The van der Waals surface area contributed by atoms with E-state index in [9.17, 15) is 5.11 Å². The van der Waals surface area contributed by atoms with Crippen LogP contribution in [0.1, 0.15) is 25.0 Å². The minimum atomic E-state index is -0.186. The van der Waals surface area contributed by atoms with Crippen molar-refractivity contribution in [3.63, 3.8) is 0 Å². The molecule has 0 fully saturated rings. The second-order valence-electron chi connectivity index (χ2n) is 4.61. The van der Waals surface area contributed by atoms with Crippen LogP contribution in [0.3, 0.4) is 0 Å². The first-order chi connectivity index (χ1) is 7.39. The number of benzene rings is 1. The van der Waals surface area contributed by atoms with Crippen LogP contribution >= 0.6 is 11.8 Å². The molecule has 0 amide bonds. The first-order valence-electron chi connectivity index (χ1n) is 5.35. The highest BCUT2D eigenvalue weighted by Crippen LogP contribution is 2.39. The Morgan fingerprint density at radius 2 is 1.81 bits per heavy atom. The van der Waals surface area contributed by atoms with Gasteiger partial charge < -0.3 is 9.84 Å². The maximum Gasteiger partial charge on any atom is 0.132 e. The molecule has 0 bridgehead atoms. The van der Waals surface area contributed by atoms with Crippen LogP contribution in [0.4, 0.5) is 0 Å². The summed E-state index contributed by atoms with van der Waals surface area (Å²) >= 11 is 1.64. The molecule has 0 spiro atoms. The summed E-state index contributed by atoms with van der Waals surface area (Å²) in [4.78, 5) is 1.09. The molecular formula is C13H20O2S. The number of aryl methyl sites for hydroxylation is 2. The number of aliphatic hydroxyl groups excluding tert-OH is 1. The average molecular weight is 240 g/mol. The van der Waals surface area contributed by atoms with Crippen molar-refractivity contribution in [3.8, 4) is 5.75 Å². The van der Waals surface area contributed by atoms with Gasteiger partial charge in [0.25, 0.3) is 0 Å². The number of thioether (sulfide) groups is 1. The van der Waals surface area contributed by atoms with E-state index in [1.165, 1.54) is 11.1 Å². The van der Waals surface area contributed by atoms with Crippen LogP contribution in [0.25, 0.3) is 0 Å². The van der Waals surface area contributed by atoms with Gasteiger partial charge in [-0.2, -0.15) is 0 Å². The molecule has 1 N–H and O–H groups in total. The number of hydrogen-bond donors (Lipinski definition) is 1. The third-order valence-electron chi connectivity index (χ3n) is 2.55. The van der Waals surface area contributed by atoms with E-state index in [0.717, 1.165) is 10.6 Å². The van der Waals surface area contributed by atoms with E-state index in [1.54, 1.807) is 18.9 Å². The van der Waals surface area contributed by atoms with Gasteiger partial charge in [0.2, 0.25) is 0 Å². The third kappa shape index (κ3) is 3.16. The second kappa shape index (κ2) is 5.11. The summed E-state index contributed by atoms with van der Waals surface area (Å²) < 4.78 is 5.18. The van der Waals surface area contributed by atoms with Crippen LogP contribution in [-0.2, 0) is 0 Å². The lowest BCUT2D eigenvalue weighted by Gasteiger charge is -2.22. The quantitative estimate of drug-likeness (QED) is 0.820. The summed E-state index contributed by atoms with van der Waals surface area (Å²) in [5, 5.41) is 9.28. The van der Waals surface area contributed by atoms with E-state index < -0.39 is 0 Å². The van der Waals surface area contributed by atoms with E-state index >= 15 is 0 Å². The van der Waals surface area contributed by atoms with Gasteiger partial charge in [-0.1, -0.05) is 0 Å². The van der Waals surface area contributed by atoms with Crippen LogP contribution in [0.5, 0.6) is 5.75 Å². The van der Waals surface area contributed by atoms with E-state index in [1.807, 2.05) is 19.9 Å². The molecule has 3 heteroatoms. The molecule has 0 heterocycles. The van der Waals surface area contributed by atoms with Gasteiger partial charge in [-0.3, -0.25) is 0 Å². The molecule has 90 valence electrons. The summed E-state index contributed by atoms with van der Waals surface area (Å²) in [6.45, 7) is 8.35. The maximum atomic E-state index is 9.28. The molecule has 0 atom stereocenters. The topological polar surface area (TPSA) is 29.5 Å². The Morgan fingerprint density at radius 3 is 2.31 bits per heavy atom. The SMILES string of the molecule is COc1cc(C)c(C)cc1SC(C)(C)CO. The summed E-state index contributed by atoms with van der Waals surface area (Å²) in [5.41, 5.74) is 2.47. The molecule has 1 rings (SSSR count). The largest absolute Gasteiger partial charge is 0.496 e. The van der Waals surface area contributed by atoms with E-state index in [4.69, 9.17) is 4.74 Å². The normalized spacial score (nSPS) is 11.6. The van der Waals surface area contributed by atoms with Crippen LogP contribution in [0, 0.1) is 13.8 Å². The highest BCUT2D eigenvalue weighted by atomic mass is 32.2. The molecule has 0 aliphatic heterocycles. The summed E-state index contributed by atoms with van der Waals surface area (Å²) in [5.74, 6) is 0.884. The van der Waals surface area contributed by atoms with Gasteiger partial charge in [0.15, 0.2) is 0 Å². The predicted octanol–water partition coefficient (Wildman–Crippen LogP) is 3.18. The number of methoxy groups -OCH3 is 1. The molecule has 1 aromatic carbocycles. The minimum Gasteiger partial charge on any atom is -0.496 e. The molecule has 0 aliphatic carbocycles. The van der Waals surface area contributed by atoms with Gasteiger partial charge in [0.05, 0.1) is 18.6 Å². The number of rotatable bonds is 4. The number of ether oxygens (including phenoxy) is 1. The Morgan fingerprint density at radius 1 is 1.25 bits per heavy atom. The van der Waals surface area contributed by atoms with E-state index in [-0.39, 0.29) is 11.4 Å². The minimum absolute atomic E-state index is 0.147. The highest BCUT2D eigenvalue weighted by molar-refractivity contribution is 8.00. The van der Waals surface area contributed by atoms with Gasteiger partial charge >= 0.3 is 0 Å². The number of aliphatic hydroxyl groups is 1. The van der Waals surface area contributed by atoms with Crippen LogP contribution in [0.15, 0.2) is 17.0 Å². The average Bonchev–Trinajstić information content (AvgIpc) is 2.22. The zero-order chi connectivity index (χ0) is 12.3. The smallest absolute Gasteiger partial charge is 0.132 e. The van der Waals surface area contributed by atoms with Gasteiger partial charge in [-0.05, 0) is 51.0 Å². The molecule has 0 unspecified atom stereocenters. The van der Waals surface area contributed by atoms with Crippen molar-refractivity contribution in [2.75, 3.05) is 13.7 Å². The lowest BCUT2D eigenvalue weighted by molar-refractivity contribution is 0.265. The van der Waals surface area contributed by atoms with Gasteiger partial charge in [0.1, 0.15) is 5.75 Å². The molecule has 16 heavy (non-hydrogen) atoms. The molecule has 0 aliphatic rings. The Balaban J connectivity index is 3.08. The predicted molar refractivity (Wildman–Crippen MR) is 69.5 cm³/mol. The second-order valence-corrected chi connectivity index (χ2v) is 6.36. The number of hydrogen-bond acceptors (Lipinski definition) is 3. The zero-order valence-electron chi connectivity index (χ0n) is 10.6. The van der Waals surface area contributed by atoms with Crippen molar-refractivity contribution in [2.45, 2.75) is 37.3 Å². The molecule has 1 aromatic rings. The monoisotopic (exact) mass is 240 g/mol. The third-order valence-corrected chi connectivity index (χ3v) is 3.77. The van der Waals surface area contributed by atoms with Gasteiger partial charge in [-0.25, -0.2) is 0 Å². The fraction of sp³-hybridized carbons (Fsp3) is 0.538. The fourth-order valence-corrected chi connectivity index (χ4v) is 2.47. The first kappa shape index (κ1) is 13.4. The Hall–Kier alpha value is -0.670. The van der Waals surface area contributed by atoms with Crippen molar-refractivity contribution >= 4 is 11.8 Å². The maximum absolute atomic E-state index is 9.28. The zero-order valence-corrected chi connectivity index (χ0v) is 11.4. The highest BCUT2D eigenvalue weighted by Gasteiger charge is 2.20. The van der Waals surface area contributed by atoms with Crippen molar-refractivity contribution in [1.29, 1.82) is 0 Å². The Labute approximate surface area is 102 Å². The van der Waals surface area contributed by atoms with Gasteiger partial charge in [-0.15, -0.1) is 11.8 Å². The lowest BCUT2D eigenvalue weighted by atomic mass is 10.1. The van der Waals surface area contributed by atoms with Crippen LogP contribution in [0.2, 0.25) is 0 Å². The Bertz CT molecular complexity index is 372. The molecule has 0 aromatic heterocycles. The van der Waals surface area contributed by atoms with Crippen molar-refractivity contribution in [2.24, 2.45) is 0 Å². The standard InChI is InChI=1S/C13H20O2S/c1-9-6-11(15-5)12(7-10(9)2)16-13(3,4)8-14/h6-7,14H,8H2,1-5H3. The lowest BCUT2D eigenvalue weighted by Crippen LogP contribution is -2.19. The summed E-state index contributed by atoms with van der Waals surface area (Å²) in [6.07, 6.45) is 0. The van der Waals surface area contributed by atoms with Gasteiger partial charge in [0, 0.05) is 4.75 Å². The van der Waals surface area contributed by atoms with E-state index in [2.05, 4.69) is 19.9 Å². The van der Waals surface area contributed by atoms with Crippen LogP contribution < -0.4 is 4.74 Å². The first-order valence-corrected chi connectivity index (χ1v) is 6.16. The molecule has 0 radical (unpaired) electrons. The van der Waals surface area contributed by atoms with Crippen molar-refractivity contribution < 1.29 is 9.84 Å². The molecular weight excluding hydrogens is 220 g/mol. The fourth-order valence-electron chi connectivity index (χ4n) is 1.33. The Kier molecular flexibility index (Phi) is 4.28. The molecule has 0 saturated heterocycles. The summed E-state index contributed by atoms with van der Waals surface area (Å²) in [6, 6.07) is 4.17. The van der Waals surface area contributed by atoms with Crippen molar-refractivity contribution in [3.05, 3.63) is 23.3 Å². The summed E-state index contributed by atoms with van der Waals surface area (Å²) in [7, 11) is 1.68. The molecule has 2 nitrogen and oxygen atoms in total. The van der Waals surface area contributed by atoms with E-state index in [0.29, 0.717) is 0 Å². The molecule has 0 saturated carbocycles.